The summed E-state index contributed by atoms with van der Waals surface area (Å²) in [6.07, 6.45) is 0.406. The van der Waals surface area contributed by atoms with Gasteiger partial charge in [-0.05, 0) is 6.92 Å². The van der Waals surface area contributed by atoms with Gasteiger partial charge in [0.15, 0.2) is 0 Å². The summed E-state index contributed by atoms with van der Waals surface area (Å²) in [7, 11) is 0. The van der Waals surface area contributed by atoms with Gasteiger partial charge in [-0.25, -0.2) is 0 Å². The molecule has 0 aliphatic heterocycles. The van der Waals surface area contributed by atoms with E-state index in [1.165, 1.54) is 0 Å². The number of benzene rings is 1. The molecular formula is C18H17N5O2. The van der Waals surface area contributed by atoms with Crippen LogP contribution in [0.1, 0.15) is 25.8 Å². The van der Waals surface area contributed by atoms with Crippen LogP contribution in [0.5, 0.6) is 11.8 Å². The van der Waals surface area contributed by atoms with E-state index in [2.05, 4.69) is 11.1 Å². The number of aromatic nitrogens is 2. The number of nitriles is 3. The number of imidazole rings is 1. The second-order valence-electron chi connectivity index (χ2n) is 5.10. The van der Waals surface area contributed by atoms with Crippen molar-refractivity contribution >= 4 is 0 Å². The molecular weight excluding hydrogens is 318 g/mol. The summed E-state index contributed by atoms with van der Waals surface area (Å²) >= 11 is 0. The molecule has 0 radical (unpaired) electrons. The van der Waals surface area contributed by atoms with Gasteiger partial charge in [0.05, 0.1) is 31.0 Å². The van der Waals surface area contributed by atoms with Crippen LogP contribution < -0.4 is 9.47 Å². The zero-order chi connectivity index (χ0) is 18.1. The highest BCUT2D eigenvalue weighted by atomic mass is 16.5. The van der Waals surface area contributed by atoms with Gasteiger partial charge in [0.2, 0.25) is 0 Å². The number of rotatable bonds is 8. The van der Waals surface area contributed by atoms with E-state index >= 15 is 0 Å². The highest BCUT2D eigenvalue weighted by Gasteiger charge is 2.24. The van der Waals surface area contributed by atoms with E-state index in [0.717, 1.165) is 5.56 Å². The van der Waals surface area contributed by atoms with E-state index in [9.17, 15) is 5.26 Å². The minimum Gasteiger partial charge on any atom is -0.474 e. The number of ether oxygens (including phenoxy) is 2. The predicted molar refractivity (Wildman–Crippen MR) is 89.4 cm³/mol. The van der Waals surface area contributed by atoms with Crippen LogP contribution in [0.25, 0.3) is 11.4 Å². The first-order chi connectivity index (χ1) is 12.2. The first kappa shape index (κ1) is 17.8. The maximum atomic E-state index is 9.39. The fourth-order valence-electron chi connectivity index (χ4n) is 2.22. The smallest absolute Gasteiger partial charge is 0.278 e. The Labute approximate surface area is 146 Å². The van der Waals surface area contributed by atoms with Gasteiger partial charge in [0.1, 0.15) is 25.1 Å². The second kappa shape index (κ2) is 8.96. The van der Waals surface area contributed by atoms with Gasteiger partial charge < -0.3 is 9.47 Å². The Balaban J connectivity index is 2.51. The predicted octanol–water partition coefficient (Wildman–Crippen LogP) is 3.22. The van der Waals surface area contributed by atoms with E-state index in [1.807, 2.05) is 42.5 Å². The normalized spacial score (nSPS) is 11.0. The lowest BCUT2D eigenvalue weighted by Crippen LogP contribution is -2.10. The monoisotopic (exact) mass is 335 g/mol. The second-order valence-corrected chi connectivity index (χ2v) is 5.10. The molecule has 7 heteroatoms. The summed E-state index contributed by atoms with van der Waals surface area (Å²) in [6.45, 7) is 2.05. The lowest BCUT2D eigenvalue weighted by atomic mass is 10.2. The third kappa shape index (κ3) is 4.28. The topological polar surface area (TPSA) is 108 Å². The average molecular weight is 335 g/mol. The fourth-order valence-corrected chi connectivity index (χ4v) is 2.22. The fraction of sp³-hybridized carbons (Fsp3) is 0.333. The Bertz CT molecular complexity index is 824. The van der Waals surface area contributed by atoms with E-state index in [4.69, 9.17) is 20.0 Å². The minimum absolute atomic E-state index is 0.156. The first-order valence-electron chi connectivity index (χ1n) is 7.79. The van der Waals surface area contributed by atoms with Crippen molar-refractivity contribution in [2.75, 3.05) is 13.2 Å². The minimum atomic E-state index is -0.548. The number of hydrogen-bond acceptors (Lipinski definition) is 6. The Kier molecular flexibility index (Phi) is 6.39. The molecule has 1 unspecified atom stereocenters. The molecule has 1 aromatic carbocycles. The van der Waals surface area contributed by atoms with Gasteiger partial charge in [-0.15, -0.1) is 0 Å². The van der Waals surface area contributed by atoms with Crippen molar-refractivity contribution in [1.82, 2.24) is 9.55 Å². The molecule has 2 rings (SSSR count). The number of nitrogens with zero attached hydrogens (tertiary/aromatic N) is 5. The van der Waals surface area contributed by atoms with Gasteiger partial charge in [0.25, 0.3) is 11.8 Å². The summed E-state index contributed by atoms with van der Waals surface area (Å²) in [5.74, 6) is 1.05. The summed E-state index contributed by atoms with van der Waals surface area (Å²) in [5, 5.41) is 26.8. The Hall–Kier alpha value is -3.50. The molecule has 1 aromatic heterocycles. The molecule has 0 spiro atoms. The van der Waals surface area contributed by atoms with Crippen LogP contribution in [-0.4, -0.2) is 22.8 Å². The highest BCUT2D eigenvalue weighted by molar-refractivity contribution is 5.59. The van der Waals surface area contributed by atoms with Gasteiger partial charge in [-0.3, -0.25) is 4.57 Å². The lowest BCUT2D eigenvalue weighted by Gasteiger charge is -2.14. The number of hydrogen-bond donors (Lipinski definition) is 0. The Morgan fingerprint density at radius 1 is 1.04 bits per heavy atom. The molecule has 0 amide bonds. The Morgan fingerprint density at radius 3 is 2.28 bits per heavy atom. The highest BCUT2D eigenvalue weighted by Crippen LogP contribution is 2.36. The molecule has 7 nitrogen and oxygen atoms in total. The van der Waals surface area contributed by atoms with E-state index in [-0.39, 0.29) is 31.9 Å². The van der Waals surface area contributed by atoms with Crippen LogP contribution in [0.2, 0.25) is 0 Å². The maximum absolute atomic E-state index is 9.39. The van der Waals surface area contributed by atoms with E-state index in [1.54, 1.807) is 11.5 Å². The zero-order valence-corrected chi connectivity index (χ0v) is 13.8. The van der Waals surface area contributed by atoms with Crippen molar-refractivity contribution in [3.05, 3.63) is 30.3 Å². The average Bonchev–Trinajstić information content (AvgIpc) is 3.01. The van der Waals surface area contributed by atoms with Crippen molar-refractivity contribution in [2.45, 2.75) is 25.8 Å². The third-order valence-corrected chi connectivity index (χ3v) is 3.35. The van der Waals surface area contributed by atoms with Crippen molar-refractivity contribution in [2.24, 2.45) is 0 Å². The quantitative estimate of drug-likeness (QED) is 0.685. The van der Waals surface area contributed by atoms with Crippen molar-refractivity contribution in [3.63, 3.8) is 0 Å². The molecule has 1 atom stereocenters. The lowest BCUT2D eigenvalue weighted by molar-refractivity contribution is 0.254. The molecule has 2 aromatic rings. The largest absolute Gasteiger partial charge is 0.474 e. The van der Waals surface area contributed by atoms with Gasteiger partial charge >= 0.3 is 0 Å². The summed E-state index contributed by atoms with van der Waals surface area (Å²) in [5.41, 5.74) is 0.810. The molecule has 0 aliphatic carbocycles. The molecule has 0 saturated heterocycles. The maximum Gasteiger partial charge on any atom is 0.278 e. The van der Waals surface area contributed by atoms with Gasteiger partial charge in [0, 0.05) is 5.56 Å². The molecule has 0 bridgehead atoms. The molecule has 25 heavy (non-hydrogen) atoms. The SMILES string of the molecule is CC(C#N)n1c(-c2ccccc2)nc(OCCC#N)c1OCCC#N. The van der Waals surface area contributed by atoms with Gasteiger partial charge in [-0.1, -0.05) is 30.3 Å². The van der Waals surface area contributed by atoms with Crippen molar-refractivity contribution < 1.29 is 9.47 Å². The summed E-state index contributed by atoms with van der Waals surface area (Å²) in [4.78, 5) is 4.47. The van der Waals surface area contributed by atoms with Crippen LogP contribution in [0.3, 0.4) is 0 Å². The van der Waals surface area contributed by atoms with Crippen molar-refractivity contribution in [3.8, 4) is 41.4 Å². The van der Waals surface area contributed by atoms with Crippen molar-refractivity contribution in [1.29, 1.82) is 15.8 Å². The molecule has 0 saturated carbocycles. The molecule has 126 valence electrons. The molecule has 0 N–H and O–H groups in total. The first-order valence-corrected chi connectivity index (χ1v) is 7.79. The van der Waals surface area contributed by atoms with Crippen LogP contribution >= 0.6 is 0 Å². The molecule has 0 fully saturated rings. The van der Waals surface area contributed by atoms with Gasteiger partial charge in [-0.2, -0.15) is 20.8 Å². The summed E-state index contributed by atoms with van der Waals surface area (Å²) < 4.78 is 12.9. The molecule has 0 aliphatic rings. The third-order valence-electron chi connectivity index (χ3n) is 3.35. The Morgan fingerprint density at radius 2 is 1.68 bits per heavy atom. The summed E-state index contributed by atoms with van der Waals surface area (Å²) in [6, 6.07) is 15.0. The van der Waals surface area contributed by atoms with Crippen LogP contribution in [0.15, 0.2) is 30.3 Å². The van der Waals surface area contributed by atoms with Crippen LogP contribution in [0, 0.1) is 34.0 Å². The van der Waals surface area contributed by atoms with Crippen LogP contribution in [0.4, 0.5) is 0 Å². The standard InChI is InChI=1S/C18H17N5O2/c1-14(13-21)23-16(15-7-3-2-4-8-15)22-17(24-11-5-9-19)18(23)25-12-6-10-20/h2-4,7-8,14H,5-6,11-12H2,1H3. The zero-order valence-electron chi connectivity index (χ0n) is 13.8. The van der Waals surface area contributed by atoms with E-state index < -0.39 is 6.04 Å². The van der Waals surface area contributed by atoms with E-state index in [0.29, 0.717) is 11.7 Å². The van der Waals surface area contributed by atoms with Crippen LogP contribution in [-0.2, 0) is 0 Å². The molecule has 1 heterocycles.